The van der Waals surface area contributed by atoms with Crippen LogP contribution in [0.25, 0.3) is 0 Å². The van der Waals surface area contributed by atoms with Gasteiger partial charge in [-0.1, -0.05) is 0 Å². The smallest absolute Gasteiger partial charge is 0.305 e. The third-order valence-electron chi connectivity index (χ3n) is 5.98. The molecule has 0 aromatic carbocycles. The van der Waals surface area contributed by atoms with Crippen LogP contribution in [0.15, 0.2) is 0 Å². The van der Waals surface area contributed by atoms with E-state index in [1.807, 2.05) is 0 Å². The summed E-state index contributed by atoms with van der Waals surface area (Å²) in [6, 6.07) is -1.38. The largest absolute Gasteiger partial charge is 0.463 e. The Labute approximate surface area is 247 Å². The van der Waals surface area contributed by atoms with Gasteiger partial charge in [-0.15, -0.1) is 0 Å². The van der Waals surface area contributed by atoms with Gasteiger partial charge in [-0.3, -0.25) is 33.6 Å². The molecule has 1 amide bonds. The van der Waals surface area contributed by atoms with E-state index < -0.39 is 110 Å². The maximum Gasteiger partial charge on any atom is 0.305 e. The lowest BCUT2D eigenvalue weighted by atomic mass is 9.94. The van der Waals surface area contributed by atoms with Crippen LogP contribution in [0.4, 0.5) is 0 Å². The van der Waals surface area contributed by atoms with E-state index in [0.717, 1.165) is 48.5 Å². The molecule has 43 heavy (non-hydrogen) atoms. The first-order valence-corrected chi connectivity index (χ1v) is 13.2. The van der Waals surface area contributed by atoms with E-state index in [1.165, 1.54) is 6.92 Å². The summed E-state index contributed by atoms with van der Waals surface area (Å²) in [5.41, 5.74) is 0. The molecule has 17 nitrogen and oxygen atoms in total. The quantitative estimate of drug-likeness (QED) is 0.234. The van der Waals surface area contributed by atoms with Crippen molar-refractivity contribution < 1.29 is 76.2 Å². The number of ether oxygens (including phenoxy) is 9. The lowest BCUT2D eigenvalue weighted by Gasteiger charge is -2.48. The number of hydrogen-bond acceptors (Lipinski definition) is 16. The molecule has 2 saturated heterocycles. The van der Waals surface area contributed by atoms with E-state index in [9.17, 15) is 33.6 Å². The third-order valence-corrected chi connectivity index (χ3v) is 5.98. The Kier molecular flexibility index (Phi) is 12.8. The van der Waals surface area contributed by atoms with Crippen molar-refractivity contribution in [1.82, 2.24) is 5.32 Å². The number of rotatable bonds is 10. The molecule has 0 radical (unpaired) electrons. The van der Waals surface area contributed by atoms with Crippen molar-refractivity contribution >= 4 is 41.7 Å². The summed E-state index contributed by atoms with van der Waals surface area (Å²) in [7, 11) is 0. The molecular weight excluding hydrogens is 582 g/mol. The highest BCUT2D eigenvalue weighted by Gasteiger charge is 2.56. The highest BCUT2D eigenvalue weighted by Crippen LogP contribution is 2.34. The molecule has 1 unspecified atom stereocenters. The molecule has 0 spiro atoms. The first-order chi connectivity index (χ1) is 20.0. The van der Waals surface area contributed by atoms with Gasteiger partial charge in [0, 0.05) is 48.5 Å². The molecular formula is C26H37NO16. The predicted molar refractivity (Wildman–Crippen MR) is 136 cm³/mol. The van der Waals surface area contributed by atoms with Crippen LogP contribution >= 0.6 is 0 Å². The van der Waals surface area contributed by atoms with E-state index in [1.54, 1.807) is 0 Å². The highest BCUT2D eigenvalue weighted by molar-refractivity contribution is 5.73. The molecule has 0 aromatic heterocycles. The predicted octanol–water partition coefficient (Wildman–Crippen LogP) is -0.801. The van der Waals surface area contributed by atoms with Gasteiger partial charge >= 0.3 is 35.8 Å². The molecule has 1 N–H and O–H groups in total. The van der Waals surface area contributed by atoms with Crippen molar-refractivity contribution in [3.8, 4) is 0 Å². The molecule has 10 atom stereocenters. The van der Waals surface area contributed by atoms with Crippen LogP contribution in [0.2, 0.25) is 0 Å². The fraction of sp³-hybridized carbons (Fsp3) is 0.731. The summed E-state index contributed by atoms with van der Waals surface area (Å²) in [6.07, 6.45) is -12.7. The number of hydrogen-bond donors (Lipinski definition) is 1. The Bertz CT molecular complexity index is 1060. The van der Waals surface area contributed by atoms with Crippen molar-refractivity contribution in [3.05, 3.63) is 0 Å². The standard InChI is InChI=1S/C26H37NO16/c1-10-20(37-13(4)30)23(39-15(6)32)24(40-16(7)33)26(36-10)43-22-19(27-11(2)28)25(41-17(8)34)42-18(9-35-12(3)29)21(22)38-14(5)31/h10,18-26H,9H2,1-8H3,(H,27,28)/t10-,18+,19+,20+,21+,22+,23+,24-,25?,26-/m0/s1. The van der Waals surface area contributed by atoms with Crippen molar-refractivity contribution in [3.63, 3.8) is 0 Å². The van der Waals surface area contributed by atoms with Crippen LogP contribution in [0.3, 0.4) is 0 Å². The second kappa shape index (κ2) is 15.6. The van der Waals surface area contributed by atoms with Crippen LogP contribution in [0.5, 0.6) is 0 Å². The van der Waals surface area contributed by atoms with Crippen LogP contribution < -0.4 is 5.32 Å². The number of esters is 6. The van der Waals surface area contributed by atoms with E-state index in [0.29, 0.717) is 0 Å². The van der Waals surface area contributed by atoms with Gasteiger partial charge in [-0.25, -0.2) is 0 Å². The van der Waals surface area contributed by atoms with Crippen LogP contribution in [-0.2, 0) is 76.2 Å². The van der Waals surface area contributed by atoms with Crippen LogP contribution in [0, 0.1) is 0 Å². The van der Waals surface area contributed by atoms with Crippen molar-refractivity contribution in [2.45, 2.75) is 117 Å². The number of amides is 1. The summed E-state index contributed by atoms with van der Waals surface area (Å²) in [5.74, 6) is -5.43. The van der Waals surface area contributed by atoms with Gasteiger partial charge in [0.05, 0.1) is 6.10 Å². The average molecular weight is 620 g/mol. The van der Waals surface area contributed by atoms with E-state index in [4.69, 9.17) is 42.6 Å². The SMILES string of the molecule is CC(=O)N[C@H]1C(OC(C)=O)O[C@H](COC(C)=O)[C@@H](OC(C)=O)[C@@H]1O[C@@H]1O[C@@H](C)[C@@H](OC(C)=O)[C@@H](OC(C)=O)[C@@H]1OC(C)=O. The van der Waals surface area contributed by atoms with E-state index >= 15 is 0 Å². The van der Waals surface area contributed by atoms with Crippen LogP contribution in [0.1, 0.15) is 55.4 Å². The minimum absolute atomic E-state index is 0.502. The molecule has 2 heterocycles. The van der Waals surface area contributed by atoms with E-state index in [-0.39, 0.29) is 0 Å². The first kappa shape index (κ1) is 35.4. The fourth-order valence-electron chi connectivity index (χ4n) is 4.62. The molecule has 17 heteroatoms. The number of carbonyl (C=O) groups excluding carboxylic acids is 7. The lowest BCUT2D eigenvalue weighted by Crippen LogP contribution is -2.69. The Balaban J connectivity index is 2.66. The summed E-state index contributed by atoms with van der Waals surface area (Å²) in [4.78, 5) is 84.0. The third kappa shape index (κ3) is 10.4. The topological polar surface area (TPSA) is 215 Å². The minimum Gasteiger partial charge on any atom is -0.463 e. The maximum absolute atomic E-state index is 12.2. The Morgan fingerprint density at radius 2 is 1.05 bits per heavy atom. The summed E-state index contributed by atoms with van der Waals surface area (Å²) in [6.45, 7) is 8.64. The second-order valence-corrected chi connectivity index (χ2v) is 9.79. The zero-order valence-corrected chi connectivity index (χ0v) is 25.0. The summed E-state index contributed by atoms with van der Waals surface area (Å²) in [5, 5.41) is 2.53. The maximum atomic E-state index is 12.2. The molecule has 2 aliphatic rings. The molecule has 2 fully saturated rings. The molecule has 0 saturated carbocycles. The van der Waals surface area contributed by atoms with Gasteiger partial charge in [0.2, 0.25) is 12.2 Å². The Morgan fingerprint density at radius 3 is 1.53 bits per heavy atom. The molecule has 2 rings (SSSR count). The normalized spacial score (nSPS) is 31.9. The van der Waals surface area contributed by atoms with Gasteiger partial charge in [-0.2, -0.15) is 0 Å². The minimum atomic E-state index is -1.63. The highest BCUT2D eigenvalue weighted by atomic mass is 16.8. The zero-order valence-electron chi connectivity index (χ0n) is 25.0. The molecule has 0 aromatic rings. The monoisotopic (exact) mass is 619 g/mol. The van der Waals surface area contributed by atoms with E-state index in [2.05, 4.69) is 5.32 Å². The number of carbonyl (C=O) groups is 7. The summed E-state index contributed by atoms with van der Waals surface area (Å²) < 4.78 is 49.9. The van der Waals surface area contributed by atoms with Gasteiger partial charge in [0.15, 0.2) is 30.7 Å². The van der Waals surface area contributed by atoms with Crippen molar-refractivity contribution in [1.29, 1.82) is 0 Å². The molecule has 2 aliphatic heterocycles. The Hall–Kier alpha value is -3.83. The van der Waals surface area contributed by atoms with Gasteiger partial charge in [0.1, 0.15) is 24.9 Å². The fourth-order valence-corrected chi connectivity index (χ4v) is 4.62. The molecule has 0 aliphatic carbocycles. The van der Waals surface area contributed by atoms with Crippen LogP contribution in [-0.4, -0.2) is 110 Å². The number of nitrogens with one attached hydrogen (secondary N) is 1. The summed E-state index contributed by atoms with van der Waals surface area (Å²) >= 11 is 0. The molecule has 242 valence electrons. The average Bonchev–Trinajstić information content (AvgIpc) is 2.84. The van der Waals surface area contributed by atoms with Gasteiger partial charge < -0.3 is 47.9 Å². The second-order valence-electron chi connectivity index (χ2n) is 9.79. The zero-order chi connectivity index (χ0) is 32.6. The van der Waals surface area contributed by atoms with Crippen molar-refractivity contribution in [2.75, 3.05) is 6.61 Å². The van der Waals surface area contributed by atoms with Gasteiger partial charge in [-0.05, 0) is 6.92 Å². The Morgan fingerprint density at radius 1 is 0.558 bits per heavy atom. The first-order valence-electron chi connectivity index (χ1n) is 13.2. The lowest BCUT2D eigenvalue weighted by molar-refractivity contribution is -0.340. The van der Waals surface area contributed by atoms with Gasteiger partial charge in [0.25, 0.3) is 0 Å². The molecule has 0 bridgehead atoms. The van der Waals surface area contributed by atoms with Crippen molar-refractivity contribution in [2.24, 2.45) is 0 Å².